The molecule has 8 nitrogen and oxygen atoms in total. The summed E-state index contributed by atoms with van der Waals surface area (Å²) >= 11 is 0. The predicted molar refractivity (Wildman–Crippen MR) is 165 cm³/mol. The fourth-order valence-corrected chi connectivity index (χ4v) is 5.59. The van der Waals surface area contributed by atoms with E-state index in [-0.39, 0.29) is 11.8 Å². The van der Waals surface area contributed by atoms with Crippen LogP contribution < -0.4 is 14.4 Å². The van der Waals surface area contributed by atoms with Crippen molar-refractivity contribution in [3.05, 3.63) is 131 Å². The van der Waals surface area contributed by atoms with E-state index in [2.05, 4.69) is 33.3 Å². The highest BCUT2D eigenvalue weighted by Gasteiger charge is 2.32. The third-order valence-electron chi connectivity index (χ3n) is 7.83. The summed E-state index contributed by atoms with van der Waals surface area (Å²) in [6, 6.07) is 23.9. The molecule has 1 unspecified atom stereocenters. The standard InChI is InChI=1S/C35H35N5O3/c1-25-14-15-28(36-18-25)23-39-21-27(19-38-39)22-40(29-16-17-34(42-2)37-20-29)35(41)32-12-6-11-31-30(32)10-7-13-33(31)43-24-26-8-4-3-5-9-26/h3-5,7-10,13-21,32H,6,11-12,22-24H2,1-2H3. The van der Waals surface area contributed by atoms with Crippen LogP contribution in [-0.4, -0.2) is 32.8 Å². The van der Waals surface area contributed by atoms with Gasteiger partial charge in [0.15, 0.2) is 0 Å². The highest BCUT2D eigenvalue weighted by molar-refractivity contribution is 5.98. The first-order valence-corrected chi connectivity index (χ1v) is 14.6. The summed E-state index contributed by atoms with van der Waals surface area (Å²) < 4.78 is 13.4. The molecule has 0 aliphatic heterocycles. The highest BCUT2D eigenvalue weighted by Crippen LogP contribution is 2.39. The second kappa shape index (κ2) is 12.9. The maximum absolute atomic E-state index is 14.4. The summed E-state index contributed by atoms with van der Waals surface area (Å²) in [4.78, 5) is 25.1. The SMILES string of the molecule is COc1ccc(N(Cc2cnn(Cc3ccc(C)cn3)c2)C(=O)C2CCCc3c(OCc4ccccc4)cccc32)cn1. The molecule has 5 aromatic rings. The maximum Gasteiger partial charge on any atom is 0.234 e. The third-order valence-corrected chi connectivity index (χ3v) is 7.83. The van der Waals surface area contributed by atoms with Gasteiger partial charge in [0.05, 0.1) is 49.9 Å². The first kappa shape index (κ1) is 28.2. The molecule has 2 aromatic carbocycles. The van der Waals surface area contributed by atoms with Gasteiger partial charge in [-0.05, 0) is 66.6 Å². The largest absolute Gasteiger partial charge is 0.489 e. The summed E-state index contributed by atoms with van der Waals surface area (Å²) in [6.45, 7) is 3.43. The Morgan fingerprint density at radius 2 is 1.84 bits per heavy atom. The van der Waals surface area contributed by atoms with Crippen molar-refractivity contribution in [2.75, 3.05) is 12.0 Å². The van der Waals surface area contributed by atoms with Gasteiger partial charge >= 0.3 is 0 Å². The van der Waals surface area contributed by atoms with Gasteiger partial charge in [0.2, 0.25) is 11.8 Å². The quantitative estimate of drug-likeness (QED) is 0.196. The highest BCUT2D eigenvalue weighted by atomic mass is 16.5. The number of aryl methyl sites for hydroxylation is 1. The molecule has 0 spiro atoms. The molecule has 1 atom stereocenters. The number of carbonyl (C=O) groups excluding carboxylic acids is 1. The van der Waals surface area contributed by atoms with Crippen molar-refractivity contribution in [2.24, 2.45) is 0 Å². The molecule has 0 saturated carbocycles. The zero-order valence-electron chi connectivity index (χ0n) is 24.5. The van der Waals surface area contributed by atoms with E-state index in [9.17, 15) is 4.79 Å². The van der Waals surface area contributed by atoms with Crippen molar-refractivity contribution in [1.29, 1.82) is 0 Å². The Morgan fingerprint density at radius 3 is 2.60 bits per heavy atom. The van der Waals surface area contributed by atoms with Gasteiger partial charge in [-0.2, -0.15) is 5.10 Å². The number of nitrogens with zero attached hydrogens (tertiary/aromatic N) is 5. The lowest BCUT2D eigenvalue weighted by Crippen LogP contribution is -2.36. The first-order valence-electron chi connectivity index (χ1n) is 14.6. The number of methoxy groups -OCH3 is 1. The predicted octanol–water partition coefficient (Wildman–Crippen LogP) is 6.27. The fourth-order valence-electron chi connectivity index (χ4n) is 5.59. The molecule has 8 heteroatoms. The number of benzene rings is 2. The van der Waals surface area contributed by atoms with Gasteiger partial charge in [0.1, 0.15) is 12.4 Å². The van der Waals surface area contributed by atoms with Crippen molar-refractivity contribution < 1.29 is 14.3 Å². The Labute approximate surface area is 251 Å². The fraction of sp³-hybridized carbons (Fsp3) is 0.257. The van der Waals surface area contributed by atoms with Gasteiger partial charge in [-0.15, -0.1) is 0 Å². The number of amides is 1. The molecule has 0 fully saturated rings. The molecule has 3 aromatic heterocycles. The van der Waals surface area contributed by atoms with Crippen molar-refractivity contribution in [1.82, 2.24) is 19.7 Å². The number of pyridine rings is 2. The number of aromatic nitrogens is 4. The van der Waals surface area contributed by atoms with Crippen LogP contribution in [0.1, 0.15) is 52.3 Å². The molecule has 1 aliphatic carbocycles. The molecular formula is C35H35N5O3. The minimum atomic E-state index is -0.294. The molecular weight excluding hydrogens is 538 g/mol. The van der Waals surface area contributed by atoms with Crippen LogP contribution in [0.4, 0.5) is 5.69 Å². The van der Waals surface area contributed by atoms with E-state index in [0.29, 0.717) is 31.3 Å². The van der Waals surface area contributed by atoms with Crippen LogP contribution >= 0.6 is 0 Å². The van der Waals surface area contributed by atoms with E-state index in [1.165, 1.54) is 0 Å². The van der Waals surface area contributed by atoms with Crippen LogP contribution in [0.2, 0.25) is 0 Å². The molecule has 0 N–H and O–H groups in total. The minimum absolute atomic E-state index is 0.0288. The smallest absolute Gasteiger partial charge is 0.234 e. The van der Waals surface area contributed by atoms with Gasteiger partial charge in [-0.1, -0.05) is 48.5 Å². The van der Waals surface area contributed by atoms with Crippen LogP contribution in [0.25, 0.3) is 0 Å². The number of rotatable bonds is 10. The number of anilines is 1. The average Bonchev–Trinajstić information content (AvgIpc) is 3.50. The molecule has 3 heterocycles. The topological polar surface area (TPSA) is 82.4 Å². The summed E-state index contributed by atoms with van der Waals surface area (Å²) in [6.07, 6.45) is 9.90. The molecule has 0 saturated heterocycles. The Bertz CT molecular complexity index is 1670. The normalized spacial score (nSPS) is 14.1. The summed E-state index contributed by atoms with van der Waals surface area (Å²) in [7, 11) is 1.58. The van der Waals surface area contributed by atoms with E-state index in [4.69, 9.17) is 9.47 Å². The molecule has 43 heavy (non-hydrogen) atoms. The van der Waals surface area contributed by atoms with E-state index < -0.39 is 0 Å². The van der Waals surface area contributed by atoms with Crippen molar-refractivity contribution in [3.63, 3.8) is 0 Å². The molecule has 6 rings (SSSR count). The number of hydrogen-bond acceptors (Lipinski definition) is 6. The van der Waals surface area contributed by atoms with Crippen molar-refractivity contribution in [2.45, 2.75) is 51.8 Å². The third kappa shape index (κ3) is 6.59. The van der Waals surface area contributed by atoms with E-state index >= 15 is 0 Å². The first-order chi connectivity index (χ1) is 21.1. The van der Waals surface area contributed by atoms with Crippen LogP contribution in [-0.2, 0) is 30.9 Å². The number of hydrogen-bond donors (Lipinski definition) is 0. The van der Waals surface area contributed by atoms with Gasteiger partial charge in [0.25, 0.3) is 0 Å². The molecule has 0 bridgehead atoms. The summed E-state index contributed by atoms with van der Waals surface area (Å²) in [5.74, 6) is 1.08. The van der Waals surface area contributed by atoms with Gasteiger partial charge < -0.3 is 14.4 Å². The minimum Gasteiger partial charge on any atom is -0.489 e. The van der Waals surface area contributed by atoms with E-state index in [1.807, 2.05) is 83.6 Å². The molecule has 218 valence electrons. The number of fused-ring (bicyclic) bond motifs is 1. The van der Waals surface area contributed by atoms with E-state index in [0.717, 1.165) is 58.5 Å². The summed E-state index contributed by atoms with van der Waals surface area (Å²) in [5.41, 5.74) is 6.95. The maximum atomic E-state index is 14.4. The molecule has 0 radical (unpaired) electrons. The zero-order valence-corrected chi connectivity index (χ0v) is 24.5. The van der Waals surface area contributed by atoms with Crippen LogP contribution in [0, 0.1) is 6.92 Å². The van der Waals surface area contributed by atoms with Gasteiger partial charge in [-0.3, -0.25) is 14.5 Å². The van der Waals surface area contributed by atoms with Crippen LogP contribution in [0.5, 0.6) is 11.6 Å². The monoisotopic (exact) mass is 573 g/mol. The Kier molecular flexibility index (Phi) is 8.45. The average molecular weight is 574 g/mol. The number of carbonyl (C=O) groups is 1. The summed E-state index contributed by atoms with van der Waals surface area (Å²) in [5, 5.41) is 4.56. The van der Waals surface area contributed by atoms with Crippen LogP contribution in [0.3, 0.4) is 0 Å². The van der Waals surface area contributed by atoms with Gasteiger partial charge in [-0.25, -0.2) is 4.98 Å². The Hall–Kier alpha value is -4.98. The lowest BCUT2D eigenvalue weighted by molar-refractivity contribution is -0.120. The zero-order chi connectivity index (χ0) is 29.6. The van der Waals surface area contributed by atoms with Gasteiger partial charge in [0, 0.05) is 24.0 Å². The molecule has 1 aliphatic rings. The lowest BCUT2D eigenvalue weighted by atomic mass is 9.81. The second-order valence-electron chi connectivity index (χ2n) is 10.9. The molecule has 1 amide bonds. The second-order valence-corrected chi connectivity index (χ2v) is 10.9. The number of ether oxygens (including phenoxy) is 2. The Balaban J connectivity index is 1.26. The van der Waals surface area contributed by atoms with E-state index in [1.54, 1.807) is 19.4 Å². The van der Waals surface area contributed by atoms with Crippen molar-refractivity contribution in [3.8, 4) is 11.6 Å². The van der Waals surface area contributed by atoms with Crippen molar-refractivity contribution >= 4 is 11.6 Å². The lowest BCUT2D eigenvalue weighted by Gasteiger charge is -2.31. The van der Waals surface area contributed by atoms with Crippen LogP contribution in [0.15, 0.2) is 97.6 Å². The Morgan fingerprint density at radius 1 is 0.953 bits per heavy atom.